The summed E-state index contributed by atoms with van der Waals surface area (Å²) in [4.78, 5) is 4.39. The molecule has 0 amide bonds. The van der Waals surface area contributed by atoms with Crippen LogP contribution in [0, 0.1) is 0 Å². The summed E-state index contributed by atoms with van der Waals surface area (Å²) in [6, 6.07) is 3.60. The smallest absolute Gasteiger partial charge is 0.133 e. The van der Waals surface area contributed by atoms with E-state index in [9.17, 15) is 5.11 Å². The molecule has 6 heteroatoms. The first kappa shape index (κ1) is 14.3. The molecule has 2 aromatic rings. The standard InChI is InChI=1S/C15H21N3O3/c1-18-7-6-16-14(18)13(12-3-2-8-21-12)17-11-15(19)4-9-20-10-5-15/h2-3,6-8,13,17,19H,4-5,9-11H2,1H3. The van der Waals surface area contributed by atoms with Crippen molar-refractivity contribution in [3.05, 3.63) is 42.4 Å². The van der Waals surface area contributed by atoms with Crippen molar-refractivity contribution in [2.45, 2.75) is 24.5 Å². The monoisotopic (exact) mass is 291 g/mol. The summed E-state index contributed by atoms with van der Waals surface area (Å²) in [6.45, 7) is 1.69. The van der Waals surface area contributed by atoms with Crippen LogP contribution in [0.3, 0.4) is 0 Å². The van der Waals surface area contributed by atoms with Crippen LogP contribution < -0.4 is 5.32 Å². The van der Waals surface area contributed by atoms with E-state index >= 15 is 0 Å². The van der Waals surface area contributed by atoms with E-state index in [0.717, 1.165) is 11.6 Å². The molecule has 1 fully saturated rings. The van der Waals surface area contributed by atoms with E-state index in [1.165, 1.54) is 0 Å². The van der Waals surface area contributed by atoms with Crippen LogP contribution in [0.4, 0.5) is 0 Å². The normalized spacial score (nSPS) is 19.5. The number of nitrogens with zero attached hydrogens (tertiary/aromatic N) is 2. The number of hydrogen-bond acceptors (Lipinski definition) is 5. The van der Waals surface area contributed by atoms with Gasteiger partial charge < -0.3 is 18.8 Å². The van der Waals surface area contributed by atoms with Crippen LogP contribution in [-0.2, 0) is 11.8 Å². The van der Waals surface area contributed by atoms with Gasteiger partial charge in [-0.2, -0.15) is 0 Å². The molecule has 1 aliphatic heterocycles. The lowest BCUT2D eigenvalue weighted by Gasteiger charge is -2.33. The van der Waals surface area contributed by atoms with Crippen LogP contribution in [-0.4, -0.2) is 40.0 Å². The second-order valence-electron chi connectivity index (χ2n) is 5.56. The third kappa shape index (κ3) is 3.18. The Hall–Kier alpha value is -1.63. The first-order valence-corrected chi connectivity index (χ1v) is 7.22. The highest BCUT2D eigenvalue weighted by Gasteiger charge is 2.32. The van der Waals surface area contributed by atoms with Crippen LogP contribution in [0.2, 0.25) is 0 Å². The lowest BCUT2D eigenvalue weighted by atomic mass is 9.94. The van der Waals surface area contributed by atoms with Crippen molar-refractivity contribution >= 4 is 0 Å². The fourth-order valence-corrected chi connectivity index (χ4v) is 2.65. The average Bonchev–Trinajstić information content (AvgIpc) is 3.13. The summed E-state index contributed by atoms with van der Waals surface area (Å²) >= 11 is 0. The van der Waals surface area contributed by atoms with Gasteiger partial charge in [-0.1, -0.05) is 0 Å². The summed E-state index contributed by atoms with van der Waals surface area (Å²) in [6.07, 6.45) is 6.60. The third-order valence-corrected chi connectivity index (χ3v) is 4.00. The Balaban J connectivity index is 1.76. The molecule has 0 bridgehead atoms. The molecule has 21 heavy (non-hydrogen) atoms. The highest BCUT2D eigenvalue weighted by atomic mass is 16.5. The van der Waals surface area contributed by atoms with Crippen molar-refractivity contribution in [3.8, 4) is 0 Å². The Bertz CT molecular complexity index is 558. The molecule has 0 radical (unpaired) electrons. The van der Waals surface area contributed by atoms with Crippen LogP contribution in [0.25, 0.3) is 0 Å². The van der Waals surface area contributed by atoms with Crippen molar-refractivity contribution in [1.82, 2.24) is 14.9 Å². The van der Waals surface area contributed by atoms with Crippen molar-refractivity contribution in [3.63, 3.8) is 0 Å². The molecule has 1 unspecified atom stereocenters. The molecular weight excluding hydrogens is 270 g/mol. The quantitative estimate of drug-likeness (QED) is 0.867. The number of furan rings is 1. The fraction of sp³-hybridized carbons (Fsp3) is 0.533. The van der Waals surface area contributed by atoms with E-state index in [1.807, 2.05) is 29.9 Å². The largest absolute Gasteiger partial charge is 0.467 e. The first-order chi connectivity index (χ1) is 10.2. The third-order valence-electron chi connectivity index (χ3n) is 4.00. The maximum absolute atomic E-state index is 10.6. The SMILES string of the molecule is Cn1ccnc1C(NCC1(O)CCOCC1)c1ccco1. The van der Waals surface area contributed by atoms with Gasteiger partial charge in [0.05, 0.1) is 11.9 Å². The van der Waals surface area contributed by atoms with Crippen LogP contribution in [0.1, 0.15) is 30.5 Å². The number of hydrogen-bond donors (Lipinski definition) is 2. The number of ether oxygens (including phenoxy) is 1. The van der Waals surface area contributed by atoms with Gasteiger partial charge in [0.1, 0.15) is 17.6 Å². The first-order valence-electron chi connectivity index (χ1n) is 7.22. The molecule has 6 nitrogen and oxygen atoms in total. The molecule has 0 aliphatic carbocycles. The van der Waals surface area contributed by atoms with Crippen molar-refractivity contribution in [2.24, 2.45) is 7.05 Å². The maximum atomic E-state index is 10.6. The Morgan fingerprint density at radius 2 is 2.29 bits per heavy atom. The second kappa shape index (κ2) is 6.01. The zero-order valence-electron chi connectivity index (χ0n) is 12.2. The van der Waals surface area contributed by atoms with Gasteiger partial charge in [0, 0.05) is 52.0 Å². The zero-order valence-corrected chi connectivity index (χ0v) is 12.2. The van der Waals surface area contributed by atoms with E-state index in [1.54, 1.807) is 12.5 Å². The molecule has 1 atom stereocenters. The minimum Gasteiger partial charge on any atom is -0.467 e. The highest BCUT2D eigenvalue weighted by molar-refractivity contribution is 5.16. The van der Waals surface area contributed by atoms with E-state index in [4.69, 9.17) is 9.15 Å². The van der Waals surface area contributed by atoms with E-state index in [-0.39, 0.29) is 6.04 Å². The van der Waals surface area contributed by atoms with Gasteiger partial charge in [0.25, 0.3) is 0 Å². The van der Waals surface area contributed by atoms with Crippen LogP contribution in [0.5, 0.6) is 0 Å². The van der Waals surface area contributed by atoms with Crippen molar-refractivity contribution in [2.75, 3.05) is 19.8 Å². The fourth-order valence-electron chi connectivity index (χ4n) is 2.65. The number of aryl methyl sites for hydroxylation is 1. The van der Waals surface area contributed by atoms with E-state index in [2.05, 4.69) is 10.3 Å². The Morgan fingerprint density at radius 3 is 2.90 bits per heavy atom. The predicted octanol–water partition coefficient (Wildman–Crippen LogP) is 1.23. The number of imidazole rings is 1. The summed E-state index contributed by atoms with van der Waals surface area (Å²) < 4.78 is 12.8. The summed E-state index contributed by atoms with van der Waals surface area (Å²) in [5, 5.41) is 14.0. The van der Waals surface area contributed by atoms with Gasteiger partial charge in [-0.15, -0.1) is 0 Å². The van der Waals surface area contributed by atoms with Gasteiger partial charge in [0.15, 0.2) is 0 Å². The lowest BCUT2D eigenvalue weighted by molar-refractivity contribution is -0.0626. The Kier molecular flexibility index (Phi) is 4.10. The lowest BCUT2D eigenvalue weighted by Crippen LogP contribution is -2.46. The number of nitrogens with one attached hydrogen (secondary N) is 1. The van der Waals surface area contributed by atoms with Gasteiger partial charge in [-0.05, 0) is 12.1 Å². The molecule has 0 spiro atoms. The molecule has 0 aromatic carbocycles. The molecule has 2 aromatic heterocycles. The molecule has 114 valence electrons. The van der Waals surface area contributed by atoms with Crippen molar-refractivity contribution < 1.29 is 14.3 Å². The number of aromatic nitrogens is 2. The summed E-state index contributed by atoms with van der Waals surface area (Å²) in [5.74, 6) is 1.65. The second-order valence-corrected chi connectivity index (χ2v) is 5.56. The van der Waals surface area contributed by atoms with Gasteiger partial charge in [-0.25, -0.2) is 4.98 Å². The molecule has 3 heterocycles. The number of rotatable bonds is 5. The zero-order chi connectivity index (χ0) is 14.7. The molecular formula is C15H21N3O3. The minimum absolute atomic E-state index is 0.174. The topological polar surface area (TPSA) is 72.5 Å². The molecule has 2 N–H and O–H groups in total. The van der Waals surface area contributed by atoms with Gasteiger partial charge in [-0.3, -0.25) is 5.32 Å². The van der Waals surface area contributed by atoms with Gasteiger partial charge >= 0.3 is 0 Å². The molecule has 3 rings (SSSR count). The minimum atomic E-state index is -0.728. The molecule has 0 saturated carbocycles. The van der Waals surface area contributed by atoms with Crippen LogP contribution in [0.15, 0.2) is 35.2 Å². The molecule has 1 aliphatic rings. The Labute approximate surface area is 123 Å². The van der Waals surface area contributed by atoms with Crippen molar-refractivity contribution in [1.29, 1.82) is 0 Å². The van der Waals surface area contributed by atoms with E-state index in [0.29, 0.717) is 32.6 Å². The average molecular weight is 291 g/mol. The molecule has 1 saturated heterocycles. The van der Waals surface area contributed by atoms with Gasteiger partial charge in [0.2, 0.25) is 0 Å². The summed E-state index contributed by atoms with van der Waals surface area (Å²) in [7, 11) is 1.95. The summed E-state index contributed by atoms with van der Waals surface area (Å²) in [5.41, 5.74) is -0.728. The van der Waals surface area contributed by atoms with Crippen LogP contribution >= 0.6 is 0 Å². The van der Waals surface area contributed by atoms with E-state index < -0.39 is 5.60 Å². The number of aliphatic hydroxyl groups is 1. The Morgan fingerprint density at radius 1 is 1.48 bits per heavy atom. The predicted molar refractivity (Wildman–Crippen MR) is 76.8 cm³/mol. The highest BCUT2D eigenvalue weighted by Crippen LogP contribution is 2.24. The maximum Gasteiger partial charge on any atom is 0.133 e.